The van der Waals surface area contributed by atoms with Crippen LogP contribution in [0.25, 0.3) is 0 Å². The molecule has 23 heavy (non-hydrogen) atoms. The van der Waals surface area contributed by atoms with E-state index in [1.165, 1.54) is 57.8 Å². The maximum Gasteiger partial charge on any atom is 0.0576 e. The molecule has 136 valence electrons. The lowest BCUT2D eigenvalue weighted by molar-refractivity contribution is 0.00530. The Hall–Kier alpha value is -0.120. The molecule has 3 heteroatoms. The summed E-state index contributed by atoms with van der Waals surface area (Å²) in [6.07, 6.45) is 12.6. The molecular weight excluding hydrogens is 284 g/mol. The Labute approximate surface area is 144 Å². The van der Waals surface area contributed by atoms with E-state index >= 15 is 0 Å². The summed E-state index contributed by atoms with van der Waals surface area (Å²) in [5.41, 5.74) is 0. The van der Waals surface area contributed by atoms with Gasteiger partial charge in [-0.3, -0.25) is 0 Å². The third kappa shape index (κ3) is 8.00. The molecule has 0 amide bonds. The molecule has 2 aliphatic carbocycles. The van der Waals surface area contributed by atoms with Gasteiger partial charge in [0.2, 0.25) is 0 Å². The second-order valence-electron chi connectivity index (χ2n) is 8.46. The van der Waals surface area contributed by atoms with Crippen molar-refractivity contribution in [3.63, 3.8) is 0 Å². The Balaban J connectivity index is 1.50. The average Bonchev–Trinajstić information content (AvgIpc) is 2.58. The summed E-state index contributed by atoms with van der Waals surface area (Å²) in [4.78, 5) is 0. The third-order valence-corrected chi connectivity index (χ3v) is 5.47. The molecule has 0 aliphatic heterocycles. The van der Waals surface area contributed by atoms with E-state index in [4.69, 9.17) is 4.74 Å². The van der Waals surface area contributed by atoms with Crippen molar-refractivity contribution in [3.05, 3.63) is 0 Å². The minimum atomic E-state index is 0.504. The van der Waals surface area contributed by atoms with Gasteiger partial charge in [-0.1, -0.05) is 40.0 Å². The van der Waals surface area contributed by atoms with E-state index in [0.29, 0.717) is 12.0 Å². The van der Waals surface area contributed by atoms with Crippen LogP contribution in [0.5, 0.6) is 0 Å². The SMILES string of the molecule is CC(C)CNC1CCC(OCC(C)CNC2CCCCC2)CC1. The van der Waals surface area contributed by atoms with Gasteiger partial charge in [0, 0.05) is 18.6 Å². The molecule has 0 saturated heterocycles. The molecule has 1 unspecified atom stereocenters. The van der Waals surface area contributed by atoms with Gasteiger partial charge in [0.15, 0.2) is 0 Å². The van der Waals surface area contributed by atoms with Crippen LogP contribution in [-0.2, 0) is 4.74 Å². The molecule has 3 nitrogen and oxygen atoms in total. The first kappa shape index (κ1) is 19.2. The van der Waals surface area contributed by atoms with Crippen LogP contribution < -0.4 is 10.6 Å². The first-order chi connectivity index (χ1) is 11.1. The standard InChI is InChI=1S/C20H40N2O/c1-16(2)13-21-19-9-11-20(12-10-19)23-15-17(3)14-22-18-7-5-4-6-8-18/h16-22H,4-15H2,1-3H3. The number of rotatable bonds is 9. The fraction of sp³-hybridized carbons (Fsp3) is 1.00. The van der Waals surface area contributed by atoms with E-state index in [0.717, 1.165) is 37.7 Å². The monoisotopic (exact) mass is 324 g/mol. The molecule has 2 aliphatic rings. The van der Waals surface area contributed by atoms with Crippen molar-refractivity contribution in [2.45, 2.75) is 96.7 Å². The lowest BCUT2D eigenvalue weighted by Gasteiger charge is -2.31. The molecule has 0 radical (unpaired) electrons. The van der Waals surface area contributed by atoms with Crippen molar-refractivity contribution in [1.82, 2.24) is 10.6 Å². The fourth-order valence-corrected chi connectivity index (χ4v) is 3.87. The topological polar surface area (TPSA) is 33.3 Å². The van der Waals surface area contributed by atoms with Gasteiger partial charge in [-0.15, -0.1) is 0 Å². The Morgan fingerprint density at radius 2 is 1.39 bits per heavy atom. The molecule has 0 aromatic carbocycles. The predicted molar refractivity (Wildman–Crippen MR) is 98.9 cm³/mol. The van der Waals surface area contributed by atoms with Gasteiger partial charge in [-0.2, -0.15) is 0 Å². The summed E-state index contributed by atoms with van der Waals surface area (Å²) < 4.78 is 6.19. The average molecular weight is 325 g/mol. The first-order valence-corrected chi connectivity index (χ1v) is 10.2. The summed E-state index contributed by atoms with van der Waals surface area (Å²) in [5.74, 6) is 1.38. The second kappa shape index (κ2) is 10.7. The molecule has 0 bridgehead atoms. The van der Waals surface area contributed by atoms with Crippen LogP contribution in [0.4, 0.5) is 0 Å². The molecule has 2 rings (SSSR count). The van der Waals surface area contributed by atoms with E-state index in [9.17, 15) is 0 Å². The van der Waals surface area contributed by atoms with Crippen LogP contribution in [0.15, 0.2) is 0 Å². The highest BCUT2D eigenvalue weighted by molar-refractivity contribution is 4.78. The van der Waals surface area contributed by atoms with Gasteiger partial charge in [-0.25, -0.2) is 0 Å². The van der Waals surface area contributed by atoms with Crippen molar-refractivity contribution in [3.8, 4) is 0 Å². The number of hydrogen-bond donors (Lipinski definition) is 2. The molecule has 2 fully saturated rings. The Kier molecular flexibility index (Phi) is 8.92. The largest absolute Gasteiger partial charge is 0.378 e. The Bertz CT molecular complexity index is 294. The quantitative estimate of drug-likeness (QED) is 0.669. The lowest BCUT2D eigenvalue weighted by Crippen LogP contribution is -2.38. The third-order valence-electron chi connectivity index (χ3n) is 5.47. The zero-order valence-electron chi connectivity index (χ0n) is 15.8. The molecule has 0 aromatic rings. The number of ether oxygens (including phenoxy) is 1. The van der Waals surface area contributed by atoms with Crippen LogP contribution in [-0.4, -0.2) is 37.9 Å². The zero-order valence-corrected chi connectivity index (χ0v) is 15.8. The van der Waals surface area contributed by atoms with Crippen LogP contribution in [0.2, 0.25) is 0 Å². The summed E-state index contributed by atoms with van der Waals surface area (Å²) in [7, 11) is 0. The molecular formula is C20H40N2O. The highest BCUT2D eigenvalue weighted by atomic mass is 16.5. The van der Waals surface area contributed by atoms with Gasteiger partial charge < -0.3 is 15.4 Å². The van der Waals surface area contributed by atoms with Crippen LogP contribution in [0.1, 0.15) is 78.6 Å². The van der Waals surface area contributed by atoms with Gasteiger partial charge in [0.1, 0.15) is 0 Å². The van der Waals surface area contributed by atoms with Gasteiger partial charge >= 0.3 is 0 Å². The van der Waals surface area contributed by atoms with E-state index in [1.54, 1.807) is 0 Å². The summed E-state index contributed by atoms with van der Waals surface area (Å²) in [6.45, 7) is 10.1. The van der Waals surface area contributed by atoms with E-state index < -0.39 is 0 Å². The smallest absolute Gasteiger partial charge is 0.0576 e. The highest BCUT2D eigenvalue weighted by Crippen LogP contribution is 2.22. The van der Waals surface area contributed by atoms with Gasteiger partial charge in [0.25, 0.3) is 0 Å². The Morgan fingerprint density at radius 1 is 0.783 bits per heavy atom. The molecule has 1 atom stereocenters. The molecule has 0 aromatic heterocycles. The van der Waals surface area contributed by atoms with Crippen LogP contribution in [0.3, 0.4) is 0 Å². The summed E-state index contributed by atoms with van der Waals surface area (Å²) in [6, 6.07) is 1.50. The second-order valence-corrected chi connectivity index (χ2v) is 8.46. The highest BCUT2D eigenvalue weighted by Gasteiger charge is 2.22. The normalized spacial score (nSPS) is 28.2. The predicted octanol–water partition coefficient (Wildman–Crippen LogP) is 4.12. The summed E-state index contributed by atoms with van der Waals surface area (Å²) in [5, 5.41) is 7.45. The van der Waals surface area contributed by atoms with E-state index in [-0.39, 0.29) is 0 Å². The minimum Gasteiger partial charge on any atom is -0.378 e. The molecule has 0 spiro atoms. The van der Waals surface area contributed by atoms with Crippen molar-refractivity contribution in [1.29, 1.82) is 0 Å². The fourth-order valence-electron chi connectivity index (χ4n) is 3.87. The van der Waals surface area contributed by atoms with Gasteiger partial charge in [-0.05, 0) is 56.9 Å². The van der Waals surface area contributed by atoms with E-state index in [1.807, 2.05) is 0 Å². The summed E-state index contributed by atoms with van der Waals surface area (Å²) >= 11 is 0. The van der Waals surface area contributed by atoms with Crippen LogP contribution >= 0.6 is 0 Å². The van der Waals surface area contributed by atoms with Crippen molar-refractivity contribution >= 4 is 0 Å². The maximum absolute atomic E-state index is 6.19. The number of hydrogen-bond acceptors (Lipinski definition) is 3. The zero-order chi connectivity index (χ0) is 16.5. The minimum absolute atomic E-state index is 0.504. The molecule has 0 heterocycles. The molecule has 2 N–H and O–H groups in total. The lowest BCUT2D eigenvalue weighted by atomic mass is 9.92. The van der Waals surface area contributed by atoms with Gasteiger partial charge in [0.05, 0.1) is 12.7 Å². The van der Waals surface area contributed by atoms with Crippen molar-refractivity contribution in [2.75, 3.05) is 19.7 Å². The van der Waals surface area contributed by atoms with Crippen molar-refractivity contribution < 1.29 is 4.74 Å². The number of nitrogens with one attached hydrogen (secondary N) is 2. The van der Waals surface area contributed by atoms with Crippen LogP contribution in [0, 0.1) is 11.8 Å². The first-order valence-electron chi connectivity index (χ1n) is 10.2. The maximum atomic E-state index is 6.19. The molecule has 2 saturated carbocycles. The van der Waals surface area contributed by atoms with E-state index in [2.05, 4.69) is 31.4 Å². The Morgan fingerprint density at radius 3 is 2.04 bits per heavy atom. The van der Waals surface area contributed by atoms with Crippen molar-refractivity contribution in [2.24, 2.45) is 11.8 Å².